The molecular weight excluding hydrogens is 157 g/mol. The van der Waals surface area contributed by atoms with Gasteiger partial charge in [0.25, 0.3) is 0 Å². The third-order valence-corrected chi connectivity index (χ3v) is 1.62. The Balaban J connectivity index is 3.80. The molecule has 0 amide bonds. The Bertz CT molecular complexity index is 98.7. The van der Waals surface area contributed by atoms with Crippen LogP contribution in [-0.4, -0.2) is 20.2 Å². The molecule has 0 aromatic rings. The van der Waals surface area contributed by atoms with Gasteiger partial charge >= 0.3 is 48.8 Å². The maximum absolute atomic E-state index is 9.84. The second-order valence-electron chi connectivity index (χ2n) is 2.34. The van der Waals surface area contributed by atoms with Gasteiger partial charge < -0.3 is 0 Å². The quantitative estimate of drug-likeness (QED) is 0.494. The molecule has 0 unspecified atom stereocenters. The van der Waals surface area contributed by atoms with Crippen molar-refractivity contribution in [3.05, 3.63) is 0 Å². The fourth-order valence-corrected chi connectivity index (χ4v) is 0.581. The van der Waals surface area contributed by atoms with Gasteiger partial charge in [-0.25, -0.2) is 0 Å². The summed E-state index contributed by atoms with van der Waals surface area (Å²) in [6.45, 7) is 5.77. The Labute approximate surface area is 49.5 Å². The standard InChI is InChI=1S/C4H9NOSe/c1-4(2,3)5-7-6/h1-3H3. The first-order valence-electron chi connectivity index (χ1n) is 2.07. The van der Waals surface area contributed by atoms with E-state index in [-0.39, 0.29) is 5.54 Å². The molecule has 2 nitrogen and oxygen atoms in total. The molecule has 0 heterocycles. The van der Waals surface area contributed by atoms with E-state index in [9.17, 15) is 3.83 Å². The SMILES string of the molecule is CC(C)(C)N=[Se]=O. The molecule has 0 aromatic carbocycles. The van der Waals surface area contributed by atoms with Gasteiger partial charge in [0.2, 0.25) is 0 Å². The van der Waals surface area contributed by atoms with Gasteiger partial charge in [0.1, 0.15) is 0 Å². The van der Waals surface area contributed by atoms with Gasteiger partial charge in [-0.15, -0.1) is 0 Å². The summed E-state index contributed by atoms with van der Waals surface area (Å²) in [5.41, 5.74) is -0.109. The van der Waals surface area contributed by atoms with E-state index < -0.39 is 14.7 Å². The molecule has 0 aliphatic carbocycles. The van der Waals surface area contributed by atoms with E-state index in [0.717, 1.165) is 0 Å². The van der Waals surface area contributed by atoms with Crippen LogP contribution in [0.4, 0.5) is 0 Å². The van der Waals surface area contributed by atoms with E-state index in [0.29, 0.717) is 0 Å². The third kappa shape index (κ3) is 6.12. The van der Waals surface area contributed by atoms with Gasteiger partial charge in [0.15, 0.2) is 0 Å². The van der Waals surface area contributed by atoms with Crippen LogP contribution < -0.4 is 0 Å². The topological polar surface area (TPSA) is 29.4 Å². The van der Waals surface area contributed by atoms with Crippen molar-refractivity contribution in [2.45, 2.75) is 26.3 Å². The molecule has 0 bridgehead atoms. The molecule has 0 saturated carbocycles. The molecule has 0 rings (SSSR count). The van der Waals surface area contributed by atoms with Crippen LogP contribution in [-0.2, 0) is 3.83 Å². The van der Waals surface area contributed by atoms with Gasteiger partial charge in [0.05, 0.1) is 0 Å². The predicted molar refractivity (Wildman–Crippen MR) is 28.6 cm³/mol. The average Bonchev–Trinajstić information content (AvgIpc) is 1.30. The zero-order valence-electron chi connectivity index (χ0n) is 4.76. The average molecular weight is 166 g/mol. The minimum atomic E-state index is -0.766. The van der Waals surface area contributed by atoms with E-state index >= 15 is 0 Å². The Morgan fingerprint density at radius 2 is 1.86 bits per heavy atom. The monoisotopic (exact) mass is 167 g/mol. The number of rotatable bonds is 0. The summed E-state index contributed by atoms with van der Waals surface area (Å²) in [6.07, 6.45) is 0. The van der Waals surface area contributed by atoms with Gasteiger partial charge in [-0.05, 0) is 0 Å². The van der Waals surface area contributed by atoms with E-state index in [1.54, 1.807) is 0 Å². The molecule has 3 heteroatoms. The van der Waals surface area contributed by atoms with E-state index in [2.05, 4.69) is 3.96 Å². The van der Waals surface area contributed by atoms with Crippen LogP contribution in [0, 0.1) is 0 Å². The first-order valence-corrected chi connectivity index (χ1v) is 3.54. The van der Waals surface area contributed by atoms with Crippen LogP contribution >= 0.6 is 0 Å². The minimum absolute atomic E-state index is 0.109. The zero-order valence-corrected chi connectivity index (χ0v) is 6.48. The molecule has 0 aliphatic rings. The summed E-state index contributed by atoms with van der Waals surface area (Å²) in [4.78, 5) is 0. The molecule has 0 aliphatic heterocycles. The van der Waals surface area contributed by atoms with Crippen molar-refractivity contribution in [3.8, 4) is 0 Å². The summed E-state index contributed by atoms with van der Waals surface area (Å²) in [5, 5.41) is 0. The van der Waals surface area contributed by atoms with Crippen molar-refractivity contribution in [1.82, 2.24) is 0 Å². The Hall–Kier alpha value is 0.119. The summed E-state index contributed by atoms with van der Waals surface area (Å²) >= 11 is -0.766. The van der Waals surface area contributed by atoms with Crippen molar-refractivity contribution < 1.29 is 3.83 Å². The number of hydrogen-bond acceptors (Lipinski definition) is 2. The third-order valence-electron chi connectivity index (χ3n) is 0.311. The van der Waals surface area contributed by atoms with Crippen molar-refractivity contribution >= 4 is 14.7 Å². The van der Waals surface area contributed by atoms with Crippen molar-refractivity contribution in [3.63, 3.8) is 0 Å². The molecular formula is C4H9NOSe. The molecule has 0 spiro atoms. The normalized spacial score (nSPS) is 10.7. The summed E-state index contributed by atoms with van der Waals surface area (Å²) in [7, 11) is 0. The summed E-state index contributed by atoms with van der Waals surface area (Å²) in [5.74, 6) is 0. The predicted octanol–water partition coefficient (Wildman–Crippen LogP) is 1.02. The number of nitrogens with zero attached hydrogens (tertiary/aromatic N) is 1. The number of hydrogen-bond donors (Lipinski definition) is 0. The fourth-order valence-electron chi connectivity index (χ4n) is 0.112. The first kappa shape index (κ1) is 7.12. The van der Waals surface area contributed by atoms with E-state index in [1.165, 1.54) is 0 Å². The van der Waals surface area contributed by atoms with Crippen molar-refractivity contribution in [1.29, 1.82) is 0 Å². The molecule has 0 fully saturated rings. The second-order valence-corrected chi connectivity index (χ2v) is 3.03. The van der Waals surface area contributed by atoms with Crippen LogP contribution in [0.5, 0.6) is 0 Å². The maximum atomic E-state index is 9.84. The van der Waals surface area contributed by atoms with Crippen LogP contribution in [0.3, 0.4) is 0 Å². The molecule has 0 atom stereocenters. The van der Waals surface area contributed by atoms with Gasteiger partial charge in [-0.2, -0.15) is 0 Å². The molecule has 0 radical (unpaired) electrons. The van der Waals surface area contributed by atoms with E-state index in [1.807, 2.05) is 20.8 Å². The Morgan fingerprint density at radius 3 is 1.86 bits per heavy atom. The van der Waals surface area contributed by atoms with Crippen LogP contribution in [0.15, 0.2) is 3.96 Å². The first-order chi connectivity index (χ1) is 3.06. The Kier molecular flexibility index (Phi) is 2.47. The molecule has 0 aromatic heterocycles. The van der Waals surface area contributed by atoms with Gasteiger partial charge in [-0.3, -0.25) is 0 Å². The molecule has 7 heavy (non-hydrogen) atoms. The molecule has 42 valence electrons. The molecule has 0 N–H and O–H groups in total. The van der Waals surface area contributed by atoms with Crippen LogP contribution in [0.1, 0.15) is 20.8 Å². The van der Waals surface area contributed by atoms with Crippen LogP contribution in [0.25, 0.3) is 0 Å². The van der Waals surface area contributed by atoms with Gasteiger partial charge in [0, 0.05) is 0 Å². The van der Waals surface area contributed by atoms with E-state index in [4.69, 9.17) is 0 Å². The fraction of sp³-hybridized carbons (Fsp3) is 1.00. The van der Waals surface area contributed by atoms with Gasteiger partial charge in [-0.1, -0.05) is 0 Å². The summed E-state index contributed by atoms with van der Waals surface area (Å²) < 4.78 is 13.6. The van der Waals surface area contributed by atoms with Crippen molar-refractivity contribution in [2.75, 3.05) is 0 Å². The summed E-state index contributed by atoms with van der Waals surface area (Å²) in [6, 6.07) is 0. The van der Waals surface area contributed by atoms with Crippen LogP contribution in [0.2, 0.25) is 0 Å². The molecule has 0 saturated heterocycles. The zero-order chi connectivity index (χ0) is 5.91. The Morgan fingerprint density at radius 1 is 1.43 bits per heavy atom. The second kappa shape index (κ2) is 2.43. The van der Waals surface area contributed by atoms with Crippen molar-refractivity contribution in [2.24, 2.45) is 3.96 Å².